The highest BCUT2D eigenvalue weighted by atomic mass is 79.9. The van der Waals surface area contributed by atoms with Gasteiger partial charge in [0.1, 0.15) is 33.5 Å². The highest BCUT2D eigenvalue weighted by Gasteiger charge is 2.17. The minimum atomic E-state index is -0.850. The molecule has 0 aliphatic carbocycles. The van der Waals surface area contributed by atoms with Gasteiger partial charge in [0.15, 0.2) is 5.82 Å². The van der Waals surface area contributed by atoms with Crippen LogP contribution < -0.4 is 10.3 Å². The monoisotopic (exact) mass is 532 g/mol. The highest BCUT2D eigenvalue weighted by Crippen LogP contribution is 2.27. The van der Waals surface area contributed by atoms with Crippen molar-refractivity contribution in [2.45, 2.75) is 20.5 Å². The van der Waals surface area contributed by atoms with E-state index in [4.69, 9.17) is 16.3 Å². The molecule has 10 heteroatoms. The number of ether oxygens (including phenoxy) is 1. The Kier molecular flexibility index (Phi) is 6.53. The third-order valence-electron chi connectivity index (χ3n) is 4.84. The van der Waals surface area contributed by atoms with Gasteiger partial charge in [-0.3, -0.25) is 19.3 Å². The molecule has 0 aliphatic rings. The summed E-state index contributed by atoms with van der Waals surface area (Å²) < 4.78 is 34.6. The van der Waals surface area contributed by atoms with Gasteiger partial charge in [0.2, 0.25) is 0 Å². The predicted molar refractivity (Wildman–Crippen MR) is 124 cm³/mol. The van der Waals surface area contributed by atoms with Crippen molar-refractivity contribution in [2.75, 3.05) is 0 Å². The lowest BCUT2D eigenvalue weighted by atomic mass is 10.1. The minimum absolute atomic E-state index is 0.0709. The Balaban J connectivity index is 1.72. The van der Waals surface area contributed by atoms with Crippen molar-refractivity contribution in [1.29, 1.82) is 0 Å². The molecular formula is C23H16BrClF2N4O2. The van der Waals surface area contributed by atoms with Gasteiger partial charge in [-0.15, -0.1) is 0 Å². The molecule has 0 bridgehead atoms. The Labute approximate surface area is 201 Å². The van der Waals surface area contributed by atoms with Crippen LogP contribution in [0.1, 0.15) is 17.0 Å². The van der Waals surface area contributed by atoms with E-state index < -0.39 is 17.2 Å². The fourth-order valence-electron chi connectivity index (χ4n) is 3.23. The van der Waals surface area contributed by atoms with Gasteiger partial charge in [-0.25, -0.2) is 13.8 Å². The number of hydrogen-bond acceptors (Lipinski definition) is 5. The highest BCUT2D eigenvalue weighted by molar-refractivity contribution is 9.10. The molecule has 168 valence electrons. The van der Waals surface area contributed by atoms with E-state index in [0.29, 0.717) is 33.4 Å². The molecule has 0 aromatic carbocycles. The van der Waals surface area contributed by atoms with Crippen LogP contribution in [0.5, 0.6) is 5.75 Å². The van der Waals surface area contributed by atoms with Crippen molar-refractivity contribution in [2.24, 2.45) is 0 Å². The van der Waals surface area contributed by atoms with Crippen LogP contribution in [0.25, 0.3) is 17.1 Å². The maximum atomic E-state index is 13.8. The first-order chi connectivity index (χ1) is 15.7. The van der Waals surface area contributed by atoms with Crippen LogP contribution in [-0.2, 0) is 6.61 Å². The molecule has 0 radical (unpaired) electrons. The van der Waals surface area contributed by atoms with Crippen molar-refractivity contribution in [3.8, 4) is 22.8 Å². The molecule has 0 fully saturated rings. The molecule has 0 amide bonds. The molecule has 0 N–H and O–H groups in total. The Hall–Kier alpha value is -3.17. The molecule has 4 rings (SSSR count). The van der Waals surface area contributed by atoms with E-state index in [1.54, 1.807) is 31.3 Å². The normalized spacial score (nSPS) is 11.0. The van der Waals surface area contributed by atoms with Crippen LogP contribution in [0.15, 0.2) is 58.2 Å². The summed E-state index contributed by atoms with van der Waals surface area (Å²) in [6, 6.07) is 9.50. The smallest absolute Gasteiger partial charge is 0.277 e. The van der Waals surface area contributed by atoms with Gasteiger partial charge in [-0.1, -0.05) is 17.7 Å². The maximum absolute atomic E-state index is 13.8. The SMILES string of the molecule is Cc1cnc(-c2cccc(Br)n2)cc1-n1c(C)cc(OCc2ncc(F)cc2F)c(Cl)c1=O. The molecule has 0 unspecified atom stereocenters. The van der Waals surface area contributed by atoms with E-state index in [1.165, 1.54) is 4.57 Å². The van der Waals surface area contributed by atoms with Crippen molar-refractivity contribution in [1.82, 2.24) is 19.5 Å². The van der Waals surface area contributed by atoms with Crippen LogP contribution >= 0.6 is 27.5 Å². The molecule has 4 aromatic heterocycles. The molecule has 6 nitrogen and oxygen atoms in total. The van der Waals surface area contributed by atoms with Gasteiger partial charge < -0.3 is 4.74 Å². The Morgan fingerprint density at radius 2 is 1.88 bits per heavy atom. The standard InChI is InChI=1S/C23H16BrClF2N4O2/c1-12-9-28-17(16-4-3-5-21(24)30-16)8-19(12)31-13(2)6-20(22(25)23(31)32)33-11-18-15(27)7-14(26)10-29-18/h3-10H,11H2,1-2H3. The van der Waals surface area contributed by atoms with Gasteiger partial charge in [0.05, 0.1) is 23.3 Å². The summed E-state index contributed by atoms with van der Waals surface area (Å²) >= 11 is 9.66. The average molecular weight is 534 g/mol. The molecule has 0 saturated heterocycles. The summed E-state index contributed by atoms with van der Waals surface area (Å²) in [5.74, 6) is -1.57. The van der Waals surface area contributed by atoms with E-state index in [0.717, 1.165) is 11.8 Å². The predicted octanol–water partition coefficient (Wildman–Crippen LogP) is 5.58. The lowest BCUT2D eigenvalue weighted by molar-refractivity contribution is 0.292. The van der Waals surface area contributed by atoms with E-state index >= 15 is 0 Å². The summed E-state index contributed by atoms with van der Waals surface area (Å²) in [6.45, 7) is 3.23. The zero-order chi connectivity index (χ0) is 23.7. The molecule has 0 saturated carbocycles. The molecule has 4 aromatic rings. The summed E-state index contributed by atoms with van der Waals surface area (Å²) in [7, 11) is 0. The summed E-state index contributed by atoms with van der Waals surface area (Å²) in [5.41, 5.74) is 2.47. The quantitative estimate of drug-likeness (QED) is 0.313. The third-order valence-corrected chi connectivity index (χ3v) is 5.63. The molecule has 0 atom stereocenters. The Morgan fingerprint density at radius 3 is 2.61 bits per heavy atom. The van der Waals surface area contributed by atoms with E-state index in [-0.39, 0.29) is 23.1 Å². The van der Waals surface area contributed by atoms with Gasteiger partial charge in [0.25, 0.3) is 5.56 Å². The van der Waals surface area contributed by atoms with Gasteiger partial charge in [-0.2, -0.15) is 0 Å². The van der Waals surface area contributed by atoms with Crippen molar-refractivity contribution in [3.05, 3.63) is 97.4 Å². The van der Waals surface area contributed by atoms with E-state index in [2.05, 4.69) is 30.9 Å². The number of aryl methyl sites for hydroxylation is 2. The van der Waals surface area contributed by atoms with Crippen molar-refractivity contribution in [3.63, 3.8) is 0 Å². The van der Waals surface area contributed by atoms with Crippen LogP contribution in [0.2, 0.25) is 5.02 Å². The maximum Gasteiger partial charge on any atom is 0.277 e. The first-order valence-corrected chi connectivity index (χ1v) is 10.9. The lowest BCUT2D eigenvalue weighted by Gasteiger charge is -2.16. The number of rotatable bonds is 5. The van der Waals surface area contributed by atoms with Crippen molar-refractivity contribution >= 4 is 27.5 Å². The molecular weight excluding hydrogens is 518 g/mol. The van der Waals surface area contributed by atoms with E-state index in [9.17, 15) is 13.6 Å². The first-order valence-electron chi connectivity index (χ1n) is 9.69. The minimum Gasteiger partial charge on any atom is -0.485 e. The molecule has 0 aliphatic heterocycles. The Bertz CT molecular complexity index is 1430. The topological polar surface area (TPSA) is 69.9 Å². The molecule has 4 heterocycles. The lowest BCUT2D eigenvalue weighted by Crippen LogP contribution is -2.23. The van der Waals surface area contributed by atoms with Crippen molar-refractivity contribution < 1.29 is 13.5 Å². The second-order valence-electron chi connectivity index (χ2n) is 7.18. The fourth-order valence-corrected chi connectivity index (χ4v) is 3.76. The zero-order valence-corrected chi connectivity index (χ0v) is 19.8. The summed E-state index contributed by atoms with van der Waals surface area (Å²) in [5, 5.41) is -0.179. The number of hydrogen-bond donors (Lipinski definition) is 0. The largest absolute Gasteiger partial charge is 0.485 e. The molecule has 0 spiro atoms. The average Bonchev–Trinajstić information content (AvgIpc) is 2.77. The molecule has 33 heavy (non-hydrogen) atoms. The zero-order valence-electron chi connectivity index (χ0n) is 17.4. The summed E-state index contributed by atoms with van der Waals surface area (Å²) in [4.78, 5) is 25.7. The second kappa shape index (κ2) is 9.36. The fraction of sp³-hybridized carbons (Fsp3) is 0.130. The van der Waals surface area contributed by atoms with Gasteiger partial charge in [0, 0.05) is 24.0 Å². The third kappa shape index (κ3) is 4.79. The van der Waals surface area contributed by atoms with Crippen LogP contribution in [0.4, 0.5) is 8.78 Å². The first kappa shape index (κ1) is 23.0. The number of nitrogens with zero attached hydrogens (tertiary/aromatic N) is 4. The van der Waals surface area contributed by atoms with Crippen LogP contribution in [0.3, 0.4) is 0 Å². The number of halogens is 4. The number of aromatic nitrogens is 4. The summed E-state index contributed by atoms with van der Waals surface area (Å²) in [6.07, 6.45) is 2.54. The number of pyridine rings is 4. The van der Waals surface area contributed by atoms with Crippen LogP contribution in [0, 0.1) is 25.5 Å². The van der Waals surface area contributed by atoms with Gasteiger partial charge in [-0.05, 0) is 53.5 Å². The van der Waals surface area contributed by atoms with E-state index in [1.807, 2.05) is 19.1 Å². The van der Waals surface area contributed by atoms with Gasteiger partial charge >= 0.3 is 0 Å². The second-order valence-corrected chi connectivity index (χ2v) is 8.37. The van der Waals surface area contributed by atoms with Crippen LogP contribution in [-0.4, -0.2) is 19.5 Å². The Morgan fingerprint density at radius 1 is 1.09 bits per heavy atom.